The minimum absolute atomic E-state index is 0.150. The maximum atomic E-state index is 12.9. The fourth-order valence-corrected chi connectivity index (χ4v) is 3.57. The Labute approximate surface area is 170 Å². The third kappa shape index (κ3) is 4.49. The van der Waals surface area contributed by atoms with Crippen LogP contribution in [0.15, 0.2) is 48.5 Å². The molecule has 7 heteroatoms. The van der Waals surface area contributed by atoms with E-state index < -0.39 is 12.1 Å². The lowest BCUT2D eigenvalue weighted by Crippen LogP contribution is -2.61. The van der Waals surface area contributed by atoms with Gasteiger partial charge >= 0.3 is 6.09 Å². The molecule has 3 rings (SSSR count). The normalized spacial score (nSPS) is 19.0. The van der Waals surface area contributed by atoms with E-state index in [1.807, 2.05) is 43.3 Å². The number of rotatable bonds is 4. The molecule has 2 amide bonds. The lowest BCUT2D eigenvalue weighted by Gasteiger charge is -2.43. The van der Waals surface area contributed by atoms with Crippen LogP contribution in [0, 0.1) is 11.3 Å². The SMILES string of the molecule is CC1CN(Cc2ccc(C#N)c(N)c2)C(=O)[C@H](C)N1C(=O)OCc1ccccc1. The molecule has 0 spiro atoms. The summed E-state index contributed by atoms with van der Waals surface area (Å²) >= 11 is 0. The Morgan fingerprint density at radius 3 is 2.59 bits per heavy atom. The van der Waals surface area contributed by atoms with Gasteiger partial charge in [0.25, 0.3) is 0 Å². The van der Waals surface area contributed by atoms with Crippen molar-refractivity contribution in [3.8, 4) is 6.07 Å². The van der Waals surface area contributed by atoms with Crippen LogP contribution in [0.2, 0.25) is 0 Å². The van der Waals surface area contributed by atoms with Gasteiger partial charge in [-0.1, -0.05) is 36.4 Å². The van der Waals surface area contributed by atoms with Crippen LogP contribution in [0.4, 0.5) is 10.5 Å². The van der Waals surface area contributed by atoms with Crippen LogP contribution in [0.3, 0.4) is 0 Å². The van der Waals surface area contributed by atoms with Crippen LogP contribution in [0.1, 0.15) is 30.5 Å². The van der Waals surface area contributed by atoms with Gasteiger partial charge in [0.15, 0.2) is 0 Å². The van der Waals surface area contributed by atoms with E-state index in [0.717, 1.165) is 11.1 Å². The van der Waals surface area contributed by atoms with E-state index in [2.05, 4.69) is 0 Å². The number of benzene rings is 2. The minimum atomic E-state index is -0.627. The van der Waals surface area contributed by atoms with E-state index in [4.69, 9.17) is 15.7 Å². The van der Waals surface area contributed by atoms with E-state index >= 15 is 0 Å². The summed E-state index contributed by atoms with van der Waals surface area (Å²) in [6.07, 6.45) is -0.496. The predicted octanol–water partition coefficient (Wildman–Crippen LogP) is 2.90. The molecule has 0 saturated carbocycles. The second-order valence-corrected chi connectivity index (χ2v) is 7.22. The van der Waals surface area contributed by atoms with Gasteiger partial charge in [0.1, 0.15) is 18.7 Å². The topological polar surface area (TPSA) is 99.7 Å². The highest BCUT2D eigenvalue weighted by Crippen LogP contribution is 2.22. The Balaban J connectivity index is 1.65. The zero-order valence-corrected chi connectivity index (χ0v) is 16.5. The first kappa shape index (κ1) is 20.2. The number of ether oxygens (including phenoxy) is 1. The predicted molar refractivity (Wildman–Crippen MR) is 108 cm³/mol. The third-order valence-electron chi connectivity index (χ3n) is 5.07. The van der Waals surface area contributed by atoms with Gasteiger partial charge < -0.3 is 15.4 Å². The van der Waals surface area contributed by atoms with Crippen molar-refractivity contribution in [1.82, 2.24) is 9.80 Å². The zero-order chi connectivity index (χ0) is 21.0. The van der Waals surface area contributed by atoms with Crippen LogP contribution >= 0.6 is 0 Å². The van der Waals surface area contributed by atoms with E-state index in [0.29, 0.717) is 24.3 Å². The van der Waals surface area contributed by atoms with Crippen molar-refractivity contribution in [2.45, 2.75) is 39.1 Å². The van der Waals surface area contributed by atoms with Gasteiger partial charge in [-0.2, -0.15) is 5.26 Å². The molecule has 0 aliphatic carbocycles. The summed E-state index contributed by atoms with van der Waals surface area (Å²) in [5.41, 5.74) is 8.41. The quantitative estimate of drug-likeness (QED) is 0.807. The number of carbonyl (C=O) groups is 2. The number of hydrogen-bond acceptors (Lipinski definition) is 5. The number of hydrogen-bond donors (Lipinski definition) is 1. The number of nitriles is 1. The van der Waals surface area contributed by atoms with Gasteiger partial charge in [-0.25, -0.2) is 4.79 Å². The monoisotopic (exact) mass is 392 g/mol. The van der Waals surface area contributed by atoms with Crippen molar-refractivity contribution >= 4 is 17.7 Å². The van der Waals surface area contributed by atoms with Crippen LogP contribution in [-0.4, -0.2) is 40.4 Å². The maximum Gasteiger partial charge on any atom is 0.411 e. The second kappa shape index (κ2) is 8.65. The largest absolute Gasteiger partial charge is 0.445 e. The van der Waals surface area contributed by atoms with Gasteiger partial charge in [-0.3, -0.25) is 9.69 Å². The first-order chi connectivity index (χ1) is 13.9. The fraction of sp³-hybridized carbons (Fsp3) is 0.318. The van der Waals surface area contributed by atoms with Crippen LogP contribution in [0.25, 0.3) is 0 Å². The molecule has 150 valence electrons. The number of carbonyl (C=O) groups excluding carboxylic acids is 2. The fourth-order valence-electron chi connectivity index (χ4n) is 3.57. The van der Waals surface area contributed by atoms with Crippen molar-refractivity contribution in [3.05, 3.63) is 65.2 Å². The Hall–Kier alpha value is -3.53. The van der Waals surface area contributed by atoms with Crippen molar-refractivity contribution in [1.29, 1.82) is 5.26 Å². The number of nitrogens with two attached hydrogens (primary N) is 1. The first-order valence-electron chi connectivity index (χ1n) is 9.47. The van der Waals surface area contributed by atoms with Crippen LogP contribution in [-0.2, 0) is 22.7 Å². The minimum Gasteiger partial charge on any atom is -0.445 e. The molecule has 2 atom stereocenters. The highest BCUT2D eigenvalue weighted by molar-refractivity contribution is 5.87. The highest BCUT2D eigenvalue weighted by Gasteiger charge is 2.39. The van der Waals surface area contributed by atoms with Crippen molar-refractivity contribution in [2.75, 3.05) is 12.3 Å². The smallest absolute Gasteiger partial charge is 0.411 e. The van der Waals surface area contributed by atoms with E-state index in [1.54, 1.807) is 30.0 Å². The molecule has 1 aliphatic heterocycles. The molecule has 2 aromatic rings. The summed E-state index contributed by atoms with van der Waals surface area (Å²) in [7, 11) is 0. The summed E-state index contributed by atoms with van der Waals surface area (Å²) in [5.74, 6) is -0.150. The molecule has 1 heterocycles. The van der Waals surface area contributed by atoms with Gasteiger partial charge in [0.05, 0.1) is 11.6 Å². The lowest BCUT2D eigenvalue weighted by atomic mass is 10.1. The average molecular weight is 392 g/mol. The van der Waals surface area contributed by atoms with Gasteiger partial charge in [-0.15, -0.1) is 0 Å². The number of amides is 2. The molecular formula is C22H24N4O3. The first-order valence-corrected chi connectivity index (χ1v) is 9.47. The van der Waals surface area contributed by atoms with Crippen molar-refractivity contribution in [3.63, 3.8) is 0 Å². The molecule has 1 aliphatic rings. The zero-order valence-electron chi connectivity index (χ0n) is 16.5. The molecule has 0 aromatic heterocycles. The van der Waals surface area contributed by atoms with Crippen molar-refractivity contribution in [2.24, 2.45) is 0 Å². The van der Waals surface area contributed by atoms with Crippen molar-refractivity contribution < 1.29 is 14.3 Å². The lowest BCUT2D eigenvalue weighted by molar-refractivity contribution is -0.143. The molecule has 2 N–H and O–H groups in total. The third-order valence-corrected chi connectivity index (χ3v) is 5.07. The number of nitrogen functional groups attached to an aromatic ring is 1. The molecule has 1 fully saturated rings. The standard InChI is InChI=1S/C22H24N4O3/c1-15-12-25(13-18-8-9-19(11-23)20(24)10-18)21(27)16(2)26(15)22(28)29-14-17-6-4-3-5-7-17/h3-10,15-16H,12-14,24H2,1-2H3/t15?,16-/m0/s1. The number of anilines is 1. The number of piperazine rings is 1. The Morgan fingerprint density at radius 2 is 1.93 bits per heavy atom. The molecular weight excluding hydrogens is 368 g/mol. The van der Waals surface area contributed by atoms with Crippen LogP contribution in [0.5, 0.6) is 0 Å². The van der Waals surface area contributed by atoms with E-state index in [9.17, 15) is 9.59 Å². The summed E-state index contributed by atoms with van der Waals surface area (Å²) < 4.78 is 5.42. The average Bonchev–Trinajstić information content (AvgIpc) is 2.71. The molecule has 29 heavy (non-hydrogen) atoms. The second-order valence-electron chi connectivity index (χ2n) is 7.22. The molecule has 1 saturated heterocycles. The molecule has 0 bridgehead atoms. The molecule has 0 radical (unpaired) electrons. The van der Waals surface area contributed by atoms with E-state index in [-0.39, 0.29) is 18.6 Å². The Kier molecular flexibility index (Phi) is 6.03. The summed E-state index contributed by atoms with van der Waals surface area (Å²) in [6.45, 7) is 4.53. The highest BCUT2D eigenvalue weighted by atomic mass is 16.6. The van der Waals surface area contributed by atoms with Crippen LogP contribution < -0.4 is 5.73 Å². The molecule has 1 unspecified atom stereocenters. The van der Waals surface area contributed by atoms with Gasteiger partial charge in [-0.05, 0) is 37.1 Å². The molecule has 7 nitrogen and oxygen atoms in total. The maximum absolute atomic E-state index is 12.9. The summed E-state index contributed by atoms with van der Waals surface area (Å²) in [6, 6.07) is 15.8. The Morgan fingerprint density at radius 1 is 1.21 bits per heavy atom. The van der Waals surface area contributed by atoms with E-state index in [1.165, 1.54) is 4.90 Å². The Bertz CT molecular complexity index is 939. The summed E-state index contributed by atoms with van der Waals surface area (Å²) in [4.78, 5) is 28.7. The number of nitrogens with zero attached hydrogens (tertiary/aromatic N) is 3. The van der Waals surface area contributed by atoms with Gasteiger partial charge in [0, 0.05) is 18.8 Å². The molecule has 2 aromatic carbocycles. The summed E-state index contributed by atoms with van der Waals surface area (Å²) in [5, 5.41) is 9.00. The van der Waals surface area contributed by atoms with Gasteiger partial charge in [0.2, 0.25) is 5.91 Å².